The Hall–Kier alpha value is -6.38. The first-order chi connectivity index (χ1) is 48.5. The summed E-state index contributed by atoms with van der Waals surface area (Å²) in [5.74, 6) is -0.527. The number of benzene rings is 7. The predicted molar refractivity (Wildman–Crippen MR) is 401 cm³/mol. The van der Waals surface area contributed by atoms with Crippen LogP contribution < -0.4 is 15.5 Å². The van der Waals surface area contributed by atoms with Gasteiger partial charge in [-0.15, -0.1) is 0 Å². The van der Waals surface area contributed by atoms with E-state index >= 15 is 9.59 Å². The van der Waals surface area contributed by atoms with Crippen LogP contribution in [0.1, 0.15) is 180 Å². The first kappa shape index (κ1) is 66.8. The molecule has 1 aromatic heterocycles. The van der Waals surface area contributed by atoms with Crippen LogP contribution in [-0.4, -0.2) is 95.7 Å². The highest BCUT2D eigenvalue weighted by atomic mass is 33.1. The Morgan fingerprint density at radius 2 is 1.59 bits per heavy atom. The summed E-state index contributed by atoms with van der Waals surface area (Å²) in [4.78, 5) is 31.9. The highest BCUT2D eigenvalue weighted by Gasteiger charge is 2.56. The molecule has 8 aromatic rings. The number of ketones is 1. The van der Waals surface area contributed by atoms with Crippen molar-refractivity contribution in [3.8, 4) is 51.2 Å². The van der Waals surface area contributed by atoms with E-state index in [1.165, 1.54) is 11.6 Å². The third kappa shape index (κ3) is 11.0. The summed E-state index contributed by atoms with van der Waals surface area (Å²) in [7, 11) is 6.69. The number of hydrogen-bond donors (Lipinski definition) is 9. The molecule has 100 heavy (non-hydrogen) atoms. The molecule has 0 radical (unpaired) electrons. The lowest BCUT2D eigenvalue weighted by molar-refractivity contribution is -0.126. The van der Waals surface area contributed by atoms with Crippen LogP contribution in [0.4, 0.5) is 0 Å². The Bertz CT molecular complexity index is 4740. The number of fused-ring (bicyclic) bond motifs is 3. The standard InChI is InChI=1S/C83H87NO12S4/c1-42(2)25-51-34-57-60-41-98-99-68-30-46(40-84-75(68)50-12-6-11-45(28-50)29-56(60)76(51)91)27-43-9-5-10-44(26-43)31-69(90)82-21-4-3-14-53(82)18-16-48-33-52(64(88)37-62(48)82)39-83-61-19-17-49-32-47(13-7-22-85)54(20-23-86)55-35-58-71(73(61)70(49)55)59(81(83)94)36-66(63(87)15-8-24-97-100-83)95-80-72(58)65(89)38-67-74(80)77(92)78(93)79(57)96-67/h5-6,9-12,16-19,26,28,33-35,37-38,42,46-47,53-54,59,63,66,68,75,81,84-89,91,93-94H,3-4,7-8,13-15,20-25,27,29-32,36,39-41H2,1-2H3. The molecule has 12 unspecified atom stereocenters. The Labute approximate surface area is 598 Å². The van der Waals surface area contributed by atoms with E-state index in [0.29, 0.717) is 103 Å². The first-order valence-corrected chi connectivity index (χ1v) is 41.1. The number of aromatic hydroxyl groups is 4. The van der Waals surface area contributed by atoms with Gasteiger partial charge in [-0.25, -0.2) is 0 Å². The molecule has 1 saturated carbocycles. The normalized spacial score (nSPS) is 28.1. The van der Waals surface area contributed by atoms with Gasteiger partial charge in [-0.05, 0) is 233 Å². The van der Waals surface area contributed by atoms with E-state index in [0.717, 1.165) is 99.5 Å². The Morgan fingerprint density at radius 1 is 0.750 bits per heavy atom. The minimum Gasteiger partial charge on any atom is -0.508 e. The number of allylic oxidation sites excluding steroid dienone is 1. The van der Waals surface area contributed by atoms with Crippen LogP contribution in [-0.2, 0) is 59.2 Å². The number of aliphatic hydroxyl groups is 4. The van der Waals surface area contributed by atoms with Crippen LogP contribution >= 0.6 is 43.2 Å². The van der Waals surface area contributed by atoms with Crippen LogP contribution in [0.5, 0.6) is 28.7 Å². The summed E-state index contributed by atoms with van der Waals surface area (Å²) in [5, 5.41) is 106. The molecule has 7 aromatic carbocycles. The topological polar surface area (TPSA) is 230 Å². The molecule has 4 aliphatic carbocycles. The van der Waals surface area contributed by atoms with Crippen LogP contribution in [0.25, 0.3) is 50.3 Å². The van der Waals surface area contributed by atoms with Crippen molar-refractivity contribution < 1.29 is 54.8 Å². The third-order valence-electron chi connectivity index (χ3n) is 24.4. The fourth-order valence-electron chi connectivity index (χ4n) is 19.9. The van der Waals surface area contributed by atoms with Gasteiger partial charge in [-0.3, -0.25) is 9.59 Å². The number of ether oxygens (including phenoxy) is 1. The summed E-state index contributed by atoms with van der Waals surface area (Å²) < 4.78 is 13.2. The number of phenolic OH excluding ortho intramolecular Hbond substituents is 3. The Kier molecular flexibility index (Phi) is 17.6. The summed E-state index contributed by atoms with van der Waals surface area (Å²) in [5.41, 5.74) is 11.6. The minimum atomic E-state index is -1.22. The van der Waals surface area contributed by atoms with E-state index in [1.807, 2.05) is 12.1 Å². The maximum Gasteiger partial charge on any atom is 0.238 e. The summed E-state index contributed by atoms with van der Waals surface area (Å²) in [6.07, 6.45) is 10.5. The van der Waals surface area contributed by atoms with Crippen molar-refractivity contribution in [2.45, 2.75) is 180 Å². The zero-order valence-corrected chi connectivity index (χ0v) is 59.8. The molecule has 2 saturated heterocycles. The number of phenols is 3. The monoisotopic (exact) mass is 1420 g/mol. The van der Waals surface area contributed by atoms with E-state index in [1.54, 1.807) is 43.2 Å². The van der Waals surface area contributed by atoms with Crippen LogP contribution in [0.15, 0.2) is 106 Å². The second-order valence-corrected chi connectivity index (χ2v) is 36.1. The van der Waals surface area contributed by atoms with Crippen molar-refractivity contribution in [2.24, 2.45) is 23.7 Å². The molecule has 9 N–H and O–H groups in total. The molecule has 17 heteroatoms. The van der Waals surface area contributed by atoms with Crippen molar-refractivity contribution in [1.29, 1.82) is 0 Å². The molecular formula is C83H87NO12S4. The fraction of sp³-hybridized carbons (Fsp3) is 0.446. The highest BCUT2D eigenvalue weighted by molar-refractivity contribution is 8.77. The molecule has 12 atom stereocenters. The molecule has 24 rings (SSSR count). The molecule has 22 bridgehead atoms. The highest BCUT2D eigenvalue weighted by Crippen LogP contribution is 2.65. The van der Waals surface area contributed by atoms with E-state index < -0.39 is 45.6 Å². The molecular weight excluding hydrogens is 1330 g/mol. The van der Waals surface area contributed by atoms with E-state index in [-0.39, 0.29) is 124 Å². The zero-order valence-electron chi connectivity index (χ0n) is 56.6. The maximum absolute atomic E-state index is 16.1. The minimum absolute atomic E-state index is 0.00192. The van der Waals surface area contributed by atoms with Gasteiger partial charge in [0, 0.05) is 72.0 Å². The van der Waals surface area contributed by atoms with Gasteiger partial charge in [-0.1, -0.05) is 143 Å². The molecule has 0 amide bonds. The van der Waals surface area contributed by atoms with Gasteiger partial charge in [0.05, 0.1) is 27.9 Å². The van der Waals surface area contributed by atoms with Gasteiger partial charge in [0.1, 0.15) is 45.9 Å². The van der Waals surface area contributed by atoms with Crippen molar-refractivity contribution >= 4 is 76.8 Å². The summed E-state index contributed by atoms with van der Waals surface area (Å²) in [6.45, 7) is 4.83. The SMILES string of the molecule is CC(C)Cc1cc2c3c(c1O)Cc1cccc(c1)C1NCC(Cc4cccc(c4)CC(=O)C45CCCCC4C=Cc4cc(c(O)cc45)CC45SSCCCC(O)C6CC(c7c(cc8c9c(ccc4c79)CC(CCCO)C8CCO)-c4c(O)cc7oc-2c(O)c(=O)c7c4O6)C5O)CC1SSC3. The van der Waals surface area contributed by atoms with Crippen molar-refractivity contribution in [1.82, 2.24) is 5.32 Å². The average molecular weight is 1420 g/mol. The predicted octanol–water partition coefficient (Wildman–Crippen LogP) is 15.6. The van der Waals surface area contributed by atoms with Gasteiger partial charge in [0.2, 0.25) is 11.2 Å². The molecule has 13 nitrogen and oxygen atoms in total. The summed E-state index contributed by atoms with van der Waals surface area (Å²) >= 11 is 0. The number of aliphatic hydroxyl groups excluding tert-OH is 4. The number of piperidine rings is 1. The lowest BCUT2D eigenvalue weighted by Crippen LogP contribution is -2.48. The lowest BCUT2D eigenvalue weighted by Gasteiger charge is -2.49. The van der Waals surface area contributed by atoms with Gasteiger partial charge < -0.3 is 55.3 Å². The van der Waals surface area contributed by atoms with Crippen LogP contribution in [0, 0.1) is 23.7 Å². The molecule has 2 spiro atoms. The Morgan fingerprint density at radius 3 is 2.43 bits per heavy atom. The van der Waals surface area contributed by atoms with Crippen molar-refractivity contribution in [3.05, 3.63) is 185 Å². The largest absolute Gasteiger partial charge is 0.508 e. The van der Waals surface area contributed by atoms with Crippen LogP contribution in [0.2, 0.25) is 0 Å². The van der Waals surface area contributed by atoms with Crippen molar-refractivity contribution in [2.75, 3.05) is 25.5 Å². The van der Waals surface area contributed by atoms with E-state index in [2.05, 4.69) is 104 Å². The number of Topliss-reactive ketones (excluding diaryl/α,β-unsaturated/α-hetero) is 1. The first-order valence-electron chi connectivity index (χ1n) is 36.4. The van der Waals surface area contributed by atoms with Gasteiger partial charge >= 0.3 is 0 Å². The Balaban J connectivity index is 0.941. The lowest BCUT2D eigenvalue weighted by atomic mass is 9.56. The quantitative estimate of drug-likeness (QED) is 0.0676. The number of carbonyl (C=O) groups is 1. The number of carbonyl (C=O) groups excluding carboxylic acids is 1. The second-order valence-electron chi connectivity index (χ2n) is 30.8. The van der Waals surface area contributed by atoms with Gasteiger partial charge in [0.25, 0.3) is 0 Å². The summed E-state index contributed by atoms with van der Waals surface area (Å²) in [6, 6.07) is 30.8. The zero-order chi connectivity index (χ0) is 68.6. The van der Waals surface area contributed by atoms with Gasteiger partial charge in [0.15, 0.2) is 5.76 Å². The number of rotatable bonds is 7. The van der Waals surface area contributed by atoms with Crippen molar-refractivity contribution in [3.63, 3.8) is 0 Å². The average Bonchev–Trinajstić information content (AvgIpc) is 0.726. The third-order valence-corrected chi connectivity index (χ3v) is 30.4. The molecule has 12 aliphatic heterocycles. The number of hydrogen-bond acceptors (Lipinski definition) is 17. The van der Waals surface area contributed by atoms with E-state index in [4.69, 9.17) is 9.15 Å². The number of nitrogens with one attached hydrogen (secondary N) is 1. The molecule has 3 fully saturated rings. The molecule has 13 heterocycles. The van der Waals surface area contributed by atoms with Crippen LogP contribution in [0.3, 0.4) is 0 Å². The van der Waals surface area contributed by atoms with Gasteiger partial charge in [-0.2, -0.15) is 0 Å². The molecule has 16 aliphatic rings. The molecule has 520 valence electrons. The maximum atomic E-state index is 16.1. The second kappa shape index (κ2) is 26.4. The fourth-order valence-corrected chi connectivity index (χ4v) is 26.2. The van der Waals surface area contributed by atoms with E-state index in [9.17, 15) is 40.9 Å². The smallest absolute Gasteiger partial charge is 0.238 e.